The van der Waals surface area contributed by atoms with Crippen molar-refractivity contribution in [2.75, 3.05) is 36.8 Å². The van der Waals surface area contributed by atoms with Crippen LogP contribution in [-0.4, -0.2) is 37.0 Å². The van der Waals surface area contributed by atoms with E-state index in [2.05, 4.69) is 18.7 Å². The third-order valence-corrected chi connectivity index (χ3v) is 4.07. The highest BCUT2D eigenvalue weighted by Gasteiger charge is 2.22. The van der Waals surface area contributed by atoms with E-state index < -0.39 is 0 Å². The topological polar surface area (TPSA) is 49.6 Å². The summed E-state index contributed by atoms with van der Waals surface area (Å²) in [5.41, 5.74) is 8.90. The van der Waals surface area contributed by atoms with Crippen LogP contribution >= 0.6 is 0 Å². The smallest absolute Gasteiger partial charge is 0.227 e. The Hall–Kier alpha value is -1.55. The molecule has 0 spiro atoms. The van der Waals surface area contributed by atoms with Gasteiger partial charge in [-0.1, -0.05) is 13.8 Å². The molecule has 2 N–H and O–H groups in total. The first kappa shape index (κ1) is 14.9. The summed E-state index contributed by atoms with van der Waals surface area (Å²) in [4.78, 5) is 16.6. The van der Waals surface area contributed by atoms with Crippen molar-refractivity contribution in [1.82, 2.24) is 4.90 Å². The van der Waals surface area contributed by atoms with Gasteiger partial charge in [0.1, 0.15) is 0 Å². The van der Waals surface area contributed by atoms with Gasteiger partial charge in [-0.25, -0.2) is 0 Å². The van der Waals surface area contributed by atoms with Crippen LogP contribution in [0.4, 0.5) is 11.4 Å². The van der Waals surface area contributed by atoms with E-state index in [9.17, 15) is 4.79 Å². The number of likely N-dealkylation sites (N-methyl/N-ethyl adjacent to an activating group) is 1. The van der Waals surface area contributed by atoms with Crippen molar-refractivity contribution < 1.29 is 4.79 Å². The Labute approximate surface area is 121 Å². The van der Waals surface area contributed by atoms with Gasteiger partial charge in [0, 0.05) is 30.9 Å². The van der Waals surface area contributed by atoms with Gasteiger partial charge in [0.25, 0.3) is 0 Å². The molecule has 1 aliphatic heterocycles. The van der Waals surface area contributed by atoms with E-state index in [-0.39, 0.29) is 5.91 Å². The molecule has 2 rings (SSSR count). The molecule has 0 atom stereocenters. The van der Waals surface area contributed by atoms with Gasteiger partial charge in [0.15, 0.2) is 0 Å². The Morgan fingerprint density at radius 1 is 1.25 bits per heavy atom. The van der Waals surface area contributed by atoms with Gasteiger partial charge in [-0.2, -0.15) is 0 Å². The molecular weight excluding hydrogens is 250 g/mol. The Bertz CT molecular complexity index is 469. The van der Waals surface area contributed by atoms with Crippen LogP contribution in [0.2, 0.25) is 0 Å². The Kier molecular flexibility index (Phi) is 5.01. The number of hydrogen-bond acceptors (Lipinski definition) is 3. The van der Waals surface area contributed by atoms with Crippen LogP contribution in [0.25, 0.3) is 0 Å². The highest BCUT2D eigenvalue weighted by molar-refractivity contribution is 5.95. The van der Waals surface area contributed by atoms with E-state index >= 15 is 0 Å². The second kappa shape index (κ2) is 6.75. The fourth-order valence-electron chi connectivity index (χ4n) is 2.79. The van der Waals surface area contributed by atoms with Crippen molar-refractivity contribution >= 4 is 17.3 Å². The maximum Gasteiger partial charge on any atom is 0.227 e. The summed E-state index contributed by atoms with van der Waals surface area (Å²) in [6.45, 7) is 8.03. The van der Waals surface area contributed by atoms with Gasteiger partial charge in [-0.15, -0.1) is 0 Å². The average Bonchev–Trinajstić information content (AvgIpc) is 2.59. The van der Waals surface area contributed by atoms with Crippen LogP contribution in [0.3, 0.4) is 0 Å². The fraction of sp³-hybridized carbons (Fsp3) is 0.562. The zero-order valence-electron chi connectivity index (χ0n) is 12.6. The van der Waals surface area contributed by atoms with Gasteiger partial charge < -0.3 is 15.5 Å². The third kappa shape index (κ3) is 3.31. The van der Waals surface area contributed by atoms with Gasteiger partial charge in [0.05, 0.1) is 0 Å². The molecule has 0 unspecified atom stereocenters. The first-order chi connectivity index (χ1) is 9.65. The molecule has 0 saturated heterocycles. The highest BCUT2D eigenvalue weighted by atomic mass is 16.2. The first-order valence-electron chi connectivity index (χ1n) is 7.56. The highest BCUT2D eigenvalue weighted by Crippen LogP contribution is 2.28. The zero-order chi connectivity index (χ0) is 14.5. The predicted molar refractivity (Wildman–Crippen MR) is 83.9 cm³/mol. The molecule has 0 aliphatic carbocycles. The van der Waals surface area contributed by atoms with Crippen molar-refractivity contribution in [2.24, 2.45) is 0 Å². The molecular formula is C16H25N3O. The minimum atomic E-state index is 0.237. The number of aryl methyl sites for hydroxylation is 1. The molecule has 1 aromatic carbocycles. The summed E-state index contributed by atoms with van der Waals surface area (Å²) in [6, 6.07) is 5.90. The number of hydrogen-bond donors (Lipinski definition) is 1. The van der Waals surface area contributed by atoms with E-state index in [1.165, 1.54) is 5.56 Å². The number of fused-ring (bicyclic) bond motifs is 1. The summed E-state index contributed by atoms with van der Waals surface area (Å²) in [5.74, 6) is 0.237. The van der Waals surface area contributed by atoms with Crippen molar-refractivity contribution in [3.63, 3.8) is 0 Å². The van der Waals surface area contributed by atoms with Crippen LogP contribution in [-0.2, 0) is 11.2 Å². The molecule has 110 valence electrons. The van der Waals surface area contributed by atoms with E-state index in [4.69, 9.17) is 5.73 Å². The molecule has 0 bridgehead atoms. The summed E-state index contributed by atoms with van der Waals surface area (Å²) < 4.78 is 0. The third-order valence-electron chi connectivity index (χ3n) is 4.07. The molecule has 4 nitrogen and oxygen atoms in total. The van der Waals surface area contributed by atoms with Gasteiger partial charge >= 0.3 is 0 Å². The van der Waals surface area contributed by atoms with Crippen molar-refractivity contribution in [2.45, 2.75) is 33.1 Å². The number of carbonyl (C=O) groups excluding carboxylic acids is 1. The molecule has 1 aromatic rings. The lowest BCUT2D eigenvalue weighted by Crippen LogP contribution is -2.38. The number of nitrogen functional groups attached to an aromatic ring is 1. The molecule has 4 heteroatoms. The number of rotatable bonds is 5. The predicted octanol–water partition coefficient (Wildman–Crippen LogP) is 2.28. The van der Waals surface area contributed by atoms with Crippen LogP contribution in [0, 0.1) is 0 Å². The van der Waals surface area contributed by atoms with Crippen molar-refractivity contribution in [3.05, 3.63) is 23.8 Å². The molecule has 1 aliphatic rings. The normalized spacial score (nSPS) is 15.3. The molecule has 1 heterocycles. The van der Waals surface area contributed by atoms with Crippen LogP contribution in [0.15, 0.2) is 18.2 Å². The molecule has 0 fully saturated rings. The van der Waals surface area contributed by atoms with Crippen LogP contribution in [0.5, 0.6) is 0 Å². The van der Waals surface area contributed by atoms with Gasteiger partial charge in [-0.3, -0.25) is 4.79 Å². The number of nitrogens with zero attached hydrogens (tertiary/aromatic N) is 2. The number of benzene rings is 1. The lowest BCUT2D eigenvalue weighted by atomic mass is 10.1. The summed E-state index contributed by atoms with van der Waals surface area (Å²) in [6.07, 6.45) is 2.48. The molecule has 1 amide bonds. The minimum absolute atomic E-state index is 0.237. The van der Waals surface area contributed by atoms with E-state index in [1.807, 2.05) is 23.1 Å². The standard InChI is InChI=1S/C16H25N3O/c1-3-18(4-2)10-11-19-15-9-8-14(17)12-13(15)6-5-7-16(19)20/h8-9,12H,3-7,10-11,17H2,1-2H3. The van der Waals surface area contributed by atoms with Crippen LogP contribution in [0.1, 0.15) is 32.3 Å². The Balaban J connectivity index is 2.19. The van der Waals surface area contributed by atoms with E-state index in [0.29, 0.717) is 6.42 Å². The number of nitrogens with two attached hydrogens (primary N) is 1. The van der Waals surface area contributed by atoms with Crippen molar-refractivity contribution in [3.8, 4) is 0 Å². The van der Waals surface area contributed by atoms with Crippen molar-refractivity contribution in [1.29, 1.82) is 0 Å². The van der Waals surface area contributed by atoms with E-state index in [0.717, 1.165) is 50.4 Å². The summed E-state index contributed by atoms with van der Waals surface area (Å²) >= 11 is 0. The summed E-state index contributed by atoms with van der Waals surface area (Å²) in [7, 11) is 0. The van der Waals surface area contributed by atoms with E-state index in [1.54, 1.807) is 0 Å². The SMILES string of the molecule is CCN(CC)CCN1C(=O)CCCc2cc(N)ccc21. The van der Waals surface area contributed by atoms with Crippen LogP contribution < -0.4 is 10.6 Å². The number of anilines is 2. The molecule has 0 saturated carbocycles. The first-order valence-corrected chi connectivity index (χ1v) is 7.56. The molecule has 0 radical (unpaired) electrons. The largest absolute Gasteiger partial charge is 0.399 e. The lowest BCUT2D eigenvalue weighted by Gasteiger charge is -2.27. The quantitative estimate of drug-likeness (QED) is 0.839. The maximum absolute atomic E-state index is 12.3. The second-order valence-electron chi connectivity index (χ2n) is 5.31. The Morgan fingerprint density at radius 3 is 2.70 bits per heavy atom. The monoisotopic (exact) mass is 275 g/mol. The zero-order valence-corrected chi connectivity index (χ0v) is 12.6. The van der Waals surface area contributed by atoms with Gasteiger partial charge in [0.2, 0.25) is 5.91 Å². The second-order valence-corrected chi connectivity index (χ2v) is 5.31. The number of carbonyl (C=O) groups is 1. The fourth-order valence-corrected chi connectivity index (χ4v) is 2.79. The minimum Gasteiger partial charge on any atom is -0.399 e. The average molecular weight is 275 g/mol. The lowest BCUT2D eigenvalue weighted by molar-refractivity contribution is -0.118. The van der Waals surface area contributed by atoms with Gasteiger partial charge in [-0.05, 0) is 49.7 Å². The number of amides is 1. The maximum atomic E-state index is 12.3. The molecule has 20 heavy (non-hydrogen) atoms. The molecule has 0 aromatic heterocycles. The summed E-state index contributed by atoms with van der Waals surface area (Å²) in [5, 5.41) is 0. The Morgan fingerprint density at radius 2 is 2.00 bits per heavy atom.